The number of hydrogen-bond acceptors (Lipinski definition) is 4. The minimum absolute atomic E-state index is 0.575. The minimum atomic E-state index is 0.575. The molecular formula is C18H23NO3. The Morgan fingerprint density at radius 1 is 0.909 bits per heavy atom. The van der Waals surface area contributed by atoms with Crippen molar-refractivity contribution >= 4 is 5.69 Å². The maximum atomic E-state index is 5.72. The normalized spacial score (nSPS) is 10.1. The molecule has 0 fully saturated rings. The second-order valence-corrected chi connectivity index (χ2v) is 4.84. The first-order valence-corrected chi connectivity index (χ1v) is 7.44. The highest BCUT2D eigenvalue weighted by molar-refractivity contribution is 5.59. The van der Waals surface area contributed by atoms with Crippen LogP contribution in [0.15, 0.2) is 42.5 Å². The smallest absolute Gasteiger partial charge is 0.142 e. The Kier molecular flexibility index (Phi) is 5.95. The summed E-state index contributed by atoms with van der Waals surface area (Å²) in [6, 6.07) is 13.9. The maximum Gasteiger partial charge on any atom is 0.142 e. The van der Waals surface area contributed by atoms with E-state index in [9.17, 15) is 0 Å². The van der Waals surface area contributed by atoms with Crippen LogP contribution in [0.5, 0.6) is 17.2 Å². The first-order valence-electron chi connectivity index (χ1n) is 7.44. The predicted octanol–water partition coefficient (Wildman–Crippen LogP) is 3.76. The Balaban J connectivity index is 1.85. The maximum absolute atomic E-state index is 5.72. The quantitative estimate of drug-likeness (QED) is 0.754. The number of ether oxygens (including phenoxy) is 3. The molecular weight excluding hydrogens is 278 g/mol. The summed E-state index contributed by atoms with van der Waals surface area (Å²) in [5.74, 6) is 2.46. The number of benzene rings is 2. The Morgan fingerprint density at radius 3 is 2.27 bits per heavy atom. The molecule has 2 aromatic carbocycles. The molecule has 0 saturated carbocycles. The Bertz CT molecular complexity index is 581. The minimum Gasteiger partial charge on any atom is -0.497 e. The average Bonchev–Trinajstić information content (AvgIpc) is 2.59. The Labute approximate surface area is 132 Å². The molecule has 0 saturated heterocycles. The van der Waals surface area contributed by atoms with E-state index in [1.807, 2.05) is 30.3 Å². The van der Waals surface area contributed by atoms with E-state index in [2.05, 4.69) is 24.4 Å². The summed E-state index contributed by atoms with van der Waals surface area (Å²) in [6.45, 7) is 3.40. The fourth-order valence-corrected chi connectivity index (χ4v) is 2.13. The lowest BCUT2D eigenvalue weighted by molar-refractivity contribution is 0.332. The van der Waals surface area contributed by atoms with Crippen LogP contribution in [0, 0.1) is 0 Å². The molecule has 0 radical (unpaired) electrons. The van der Waals surface area contributed by atoms with Crippen LogP contribution in [0.3, 0.4) is 0 Å². The molecule has 0 spiro atoms. The zero-order chi connectivity index (χ0) is 15.8. The molecule has 0 heterocycles. The van der Waals surface area contributed by atoms with Crippen LogP contribution in [0.4, 0.5) is 5.69 Å². The van der Waals surface area contributed by atoms with Gasteiger partial charge in [-0.05, 0) is 36.2 Å². The van der Waals surface area contributed by atoms with Crippen LogP contribution >= 0.6 is 0 Å². The highest BCUT2D eigenvalue weighted by atomic mass is 16.5. The van der Waals surface area contributed by atoms with Gasteiger partial charge in [0, 0.05) is 12.6 Å². The molecule has 0 aliphatic rings. The fourth-order valence-electron chi connectivity index (χ4n) is 2.13. The SMILES string of the molecule is CCc1ccc(OCCNc2cc(OC)ccc2OC)cc1. The lowest BCUT2D eigenvalue weighted by Crippen LogP contribution is -2.12. The molecule has 0 aliphatic carbocycles. The van der Waals surface area contributed by atoms with Gasteiger partial charge in [-0.25, -0.2) is 0 Å². The van der Waals surface area contributed by atoms with Gasteiger partial charge in [0.25, 0.3) is 0 Å². The summed E-state index contributed by atoms with van der Waals surface area (Å²) in [6.07, 6.45) is 1.04. The standard InChI is InChI=1S/C18H23NO3/c1-4-14-5-7-15(8-6-14)22-12-11-19-17-13-16(20-2)9-10-18(17)21-3/h5-10,13,19H,4,11-12H2,1-3H3. The topological polar surface area (TPSA) is 39.7 Å². The zero-order valence-corrected chi connectivity index (χ0v) is 13.4. The van der Waals surface area contributed by atoms with Crippen LogP contribution in [-0.4, -0.2) is 27.4 Å². The molecule has 0 bridgehead atoms. The molecule has 0 aromatic heterocycles. The third kappa shape index (κ3) is 4.32. The van der Waals surface area contributed by atoms with Gasteiger partial charge in [0.1, 0.15) is 23.9 Å². The van der Waals surface area contributed by atoms with Gasteiger partial charge >= 0.3 is 0 Å². The summed E-state index contributed by atoms with van der Waals surface area (Å²) in [4.78, 5) is 0. The van der Waals surface area contributed by atoms with Gasteiger partial charge in [0.15, 0.2) is 0 Å². The van der Waals surface area contributed by atoms with Crippen molar-refractivity contribution in [2.45, 2.75) is 13.3 Å². The van der Waals surface area contributed by atoms with Gasteiger partial charge in [-0.3, -0.25) is 0 Å². The number of aryl methyl sites for hydroxylation is 1. The van der Waals surface area contributed by atoms with Crippen molar-refractivity contribution in [1.29, 1.82) is 0 Å². The predicted molar refractivity (Wildman–Crippen MR) is 89.4 cm³/mol. The van der Waals surface area contributed by atoms with Crippen LogP contribution in [0.1, 0.15) is 12.5 Å². The van der Waals surface area contributed by atoms with Crippen molar-refractivity contribution < 1.29 is 14.2 Å². The van der Waals surface area contributed by atoms with E-state index in [0.717, 1.165) is 29.4 Å². The summed E-state index contributed by atoms with van der Waals surface area (Å²) in [5, 5.41) is 3.30. The lowest BCUT2D eigenvalue weighted by Gasteiger charge is -2.13. The molecule has 0 atom stereocenters. The number of rotatable bonds is 8. The van der Waals surface area contributed by atoms with Crippen LogP contribution in [-0.2, 0) is 6.42 Å². The van der Waals surface area contributed by atoms with Gasteiger partial charge in [-0.1, -0.05) is 19.1 Å². The zero-order valence-electron chi connectivity index (χ0n) is 13.4. The van der Waals surface area contributed by atoms with Gasteiger partial charge < -0.3 is 19.5 Å². The van der Waals surface area contributed by atoms with E-state index in [1.54, 1.807) is 14.2 Å². The number of anilines is 1. The van der Waals surface area contributed by atoms with E-state index >= 15 is 0 Å². The van der Waals surface area contributed by atoms with Crippen molar-refractivity contribution in [2.75, 3.05) is 32.7 Å². The fraction of sp³-hybridized carbons (Fsp3) is 0.333. The molecule has 0 aliphatic heterocycles. The van der Waals surface area contributed by atoms with Gasteiger partial charge in [0.2, 0.25) is 0 Å². The Hall–Kier alpha value is -2.36. The van der Waals surface area contributed by atoms with Crippen molar-refractivity contribution in [3.63, 3.8) is 0 Å². The second-order valence-electron chi connectivity index (χ2n) is 4.84. The van der Waals surface area contributed by atoms with Crippen molar-refractivity contribution in [3.05, 3.63) is 48.0 Å². The molecule has 2 aromatic rings. The number of hydrogen-bond donors (Lipinski definition) is 1. The summed E-state index contributed by atoms with van der Waals surface area (Å²) < 4.78 is 16.3. The van der Waals surface area contributed by atoms with Crippen molar-refractivity contribution in [3.8, 4) is 17.2 Å². The summed E-state index contributed by atoms with van der Waals surface area (Å²) >= 11 is 0. The van der Waals surface area contributed by atoms with E-state index < -0.39 is 0 Å². The van der Waals surface area contributed by atoms with Crippen LogP contribution < -0.4 is 19.5 Å². The molecule has 4 nitrogen and oxygen atoms in total. The van der Waals surface area contributed by atoms with Crippen LogP contribution in [0.25, 0.3) is 0 Å². The highest BCUT2D eigenvalue weighted by Gasteiger charge is 2.04. The first kappa shape index (κ1) is 16.0. The van der Waals surface area contributed by atoms with E-state index in [1.165, 1.54) is 5.56 Å². The summed E-state index contributed by atoms with van der Waals surface area (Å²) in [7, 11) is 3.30. The lowest BCUT2D eigenvalue weighted by atomic mass is 10.2. The number of nitrogens with one attached hydrogen (secondary N) is 1. The Morgan fingerprint density at radius 2 is 1.64 bits per heavy atom. The second kappa shape index (κ2) is 8.17. The van der Waals surface area contributed by atoms with Gasteiger partial charge in [0.05, 0.1) is 19.9 Å². The molecule has 0 amide bonds. The van der Waals surface area contributed by atoms with Crippen molar-refractivity contribution in [2.24, 2.45) is 0 Å². The molecule has 2 rings (SSSR count). The average molecular weight is 301 g/mol. The molecule has 0 unspecified atom stereocenters. The first-order chi connectivity index (χ1) is 10.8. The molecule has 1 N–H and O–H groups in total. The van der Waals surface area contributed by atoms with E-state index in [0.29, 0.717) is 13.2 Å². The van der Waals surface area contributed by atoms with Gasteiger partial charge in [-0.15, -0.1) is 0 Å². The van der Waals surface area contributed by atoms with E-state index in [4.69, 9.17) is 14.2 Å². The number of methoxy groups -OCH3 is 2. The molecule has 118 valence electrons. The monoisotopic (exact) mass is 301 g/mol. The largest absolute Gasteiger partial charge is 0.497 e. The third-order valence-corrected chi connectivity index (χ3v) is 3.42. The molecule has 22 heavy (non-hydrogen) atoms. The third-order valence-electron chi connectivity index (χ3n) is 3.42. The summed E-state index contributed by atoms with van der Waals surface area (Å²) in [5.41, 5.74) is 2.21. The van der Waals surface area contributed by atoms with Crippen LogP contribution in [0.2, 0.25) is 0 Å². The van der Waals surface area contributed by atoms with Crippen molar-refractivity contribution in [1.82, 2.24) is 0 Å². The van der Waals surface area contributed by atoms with Gasteiger partial charge in [-0.2, -0.15) is 0 Å². The van der Waals surface area contributed by atoms with E-state index in [-0.39, 0.29) is 0 Å². The molecule has 4 heteroatoms. The highest BCUT2D eigenvalue weighted by Crippen LogP contribution is 2.28.